The Hall–Kier alpha value is -1.82. The summed E-state index contributed by atoms with van der Waals surface area (Å²) in [6.45, 7) is 0.302. The number of rotatable bonds is 3. The highest BCUT2D eigenvalue weighted by atomic mass is 16.1. The second-order valence-corrected chi connectivity index (χ2v) is 2.76. The molecule has 0 radical (unpaired) electrons. The van der Waals surface area contributed by atoms with Crippen LogP contribution in [0, 0.1) is 0 Å². The standard InChI is InChI=1S/C8H13N5O/c9-4-3-7(14)12-6-2-1-5(10)8(11)13-6/h1-2H,3-4,9-10H2,(H3,11,12,13,14). The van der Waals surface area contributed by atoms with Crippen molar-refractivity contribution < 1.29 is 4.79 Å². The van der Waals surface area contributed by atoms with Crippen LogP contribution in [0.3, 0.4) is 0 Å². The Morgan fingerprint density at radius 2 is 2.14 bits per heavy atom. The fourth-order valence-electron chi connectivity index (χ4n) is 0.892. The van der Waals surface area contributed by atoms with Gasteiger partial charge in [-0.1, -0.05) is 0 Å². The minimum atomic E-state index is -0.191. The molecule has 0 bridgehead atoms. The van der Waals surface area contributed by atoms with Crippen LogP contribution in [0.5, 0.6) is 0 Å². The van der Waals surface area contributed by atoms with Crippen LogP contribution >= 0.6 is 0 Å². The van der Waals surface area contributed by atoms with Crippen LogP contribution in [0.4, 0.5) is 17.3 Å². The quantitative estimate of drug-likeness (QED) is 0.519. The molecule has 0 fully saturated rings. The van der Waals surface area contributed by atoms with Gasteiger partial charge in [-0.3, -0.25) is 4.79 Å². The Kier molecular flexibility index (Phi) is 3.24. The van der Waals surface area contributed by atoms with E-state index in [1.807, 2.05) is 0 Å². The average Bonchev–Trinajstić information content (AvgIpc) is 2.12. The van der Waals surface area contributed by atoms with Gasteiger partial charge in [0.05, 0.1) is 5.69 Å². The van der Waals surface area contributed by atoms with Gasteiger partial charge in [-0.2, -0.15) is 0 Å². The van der Waals surface area contributed by atoms with Gasteiger partial charge in [0.15, 0.2) is 0 Å². The average molecular weight is 195 g/mol. The summed E-state index contributed by atoms with van der Waals surface area (Å²) < 4.78 is 0. The second-order valence-electron chi connectivity index (χ2n) is 2.76. The second kappa shape index (κ2) is 4.43. The van der Waals surface area contributed by atoms with Gasteiger partial charge in [0.1, 0.15) is 11.6 Å². The van der Waals surface area contributed by atoms with Crippen molar-refractivity contribution in [2.75, 3.05) is 23.3 Å². The van der Waals surface area contributed by atoms with Crippen molar-refractivity contribution in [2.45, 2.75) is 6.42 Å². The molecule has 0 aliphatic carbocycles. The van der Waals surface area contributed by atoms with Crippen molar-refractivity contribution in [1.82, 2.24) is 4.98 Å². The highest BCUT2D eigenvalue weighted by Gasteiger charge is 2.03. The summed E-state index contributed by atoms with van der Waals surface area (Å²) in [4.78, 5) is 15.0. The maximum absolute atomic E-state index is 11.1. The third kappa shape index (κ3) is 2.60. The number of anilines is 3. The lowest BCUT2D eigenvalue weighted by atomic mass is 10.3. The van der Waals surface area contributed by atoms with E-state index in [-0.39, 0.29) is 18.1 Å². The molecule has 1 aromatic rings. The Balaban J connectivity index is 2.68. The van der Waals surface area contributed by atoms with E-state index in [0.29, 0.717) is 18.1 Å². The highest BCUT2D eigenvalue weighted by Crippen LogP contribution is 2.14. The van der Waals surface area contributed by atoms with Crippen LogP contribution in [0.1, 0.15) is 6.42 Å². The minimum absolute atomic E-state index is 0.191. The molecule has 76 valence electrons. The number of nitrogens with one attached hydrogen (secondary N) is 1. The molecule has 1 heterocycles. The lowest BCUT2D eigenvalue weighted by Crippen LogP contribution is -2.17. The van der Waals surface area contributed by atoms with Crippen LogP contribution < -0.4 is 22.5 Å². The van der Waals surface area contributed by atoms with Gasteiger partial charge < -0.3 is 22.5 Å². The zero-order chi connectivity index (χ0) is 10.6. The first kappa shape index (κ1) is 10.3. The first-order valence-electron chi connectivity index (χ1n) is 4.15. The number of amides is 1. The molecule has 0 unspecified atom stereocenters. The van der Waals surface area contributed by atoms with E-state index < -0.39 is 0 Å². The molecule has 6 heteroatoms. The number of nitrogen functional groups attached to an aromatic ring is 2. The van der Waals surface area contributed by atoms with Crippen molar-refractivity contribution in [3.8, 4) is 0 Å². The Bertz CT molecular complexity index is 339. The summed E-state index contributed by atoms with van der Waals surface area (Å²) in [6.07, 6.45) is 0.256. The topological polar surface area (TPSA) is 120 Å². The molecule has 0 spiro atoms. The van der Waals surface area contributed by atoms with E-state index in [1.54, 1.807) is 12.1 Å². The molecule has 1 aromatic heterocycles. The highest BCUT2D eigenvalue weighted by molar-refractivity contribution is 5.90. The number of hydrogen-bond acceptors (Lipinski definition) is 5. The van der Waals surface area contributed by atoms with Gasteiger partial charge in [0.2, 0.25) is 5.91 Å². The summed E-state index contributed by atoms with van der Waals surface area (Å²) in [5.41, 5.74) is 16.5. The monoisotopic (exact) mass is 195 g/mol. The predicted octanol–water partition coefficient (Wildman–Crippen LogP) is -0.467. The van der Waals surface area contributed by atoms with Crippen LogP contribution in [-0.4, -0.2) is 17.4 Å². The van der Waals surface area contributed by atoms with E-state index in [0.717, 1.165) is 0 Å². The largest absolute Gasteiger partial charge is 0.396 e. The zero-order valence-electron chi connectivity index (χ0n) is 7.66. The summed E-state index contributed by atoms with van der Waals surface area (Å²) >= 11 is 0. The normalized spacial score (nSPS) is 9.79. The molecule has 1 rings (SSSR count). The van der Waals surface area contributed by atoms with Crippen LogP contribution in [0.2, 0.25) is 0 Å². The molecular formula is C8H13N5O. The van der Waals surface area contributed by atoms with Gasteiger partial charge >= 0.3 is 0 Å². The first-order valence-corrected chi connectivity index (χ1v) is 4.15. The fraction of sp³-hybridized carbons (Fsp3) is 0.250. The van der Waals surface area contributed by atoms with Crippen molar-refractivity contribution in [2.24, 2.45) is 5.73 Å². The van der Waals surface area contributed by atoms with Gasteiger partial charge in [-0.05, 0) is 12.1 Å². The van der Waals surface area contributed by atoms with E-state index in [4.69, 9.17) is 17.2 Å². The van der Waals surface area contributed by atoms with Crippen molar-refractivity contribution >= 4 is 23.2 Å². The zero-order valence-corrected chi connectivity index (χ0v) is 7.66. The van der Waals surface area contributed by atoms with Crippen molar-refractivity contribution in [3.63, 3.8) is 0 Å². The smallest absolute Gasteiger partial charge is 0.226 e. The Morgan fingerprint density at radius 1 is 1.43 bits per heavy atom. The number of aromatic nitrogens is 1. The molecule has 6 nitrogen and oxygen atoms in total. The number of hydrogen-bond donors (Lipinski definition) is 4. The fourth-order valence-corrected chi connectivity index (χ4v) is 0.892. The van der Waals surface area contributed by atoms with Gasteiger partial charge in [0.25, 0.3) is 0 Å². The number of carbonyl (C=O) groups is 1. The van der Waals surface area contributed by atoms with Gasteiger partial charge in [-0.15, -0.1) is 0 Å². The Morgan fingerprint density at radius 3 is 2.71 bits per heavy atom. The lowest BCUT2D eigenvalue weighted by molar-refractivity contribution is -0.116. The molecule has 0 saturated heterocycles. The number of pyridine rings is 1. The molecule has 0 aliphatic heterocycles. The molecule has 0 aliphatic rings. The lowest BCUT2D eigenvalue weighted by Gasteiger charge is -2.05. The molecule has 1 amide bonds. The summed E-state index contributed by atoms with van der Waals surface area (Å²) in [5.74, 6) is 0.398. The maximum atomic E-state index is 11.1. The number of nitrogens with zero attached hydrogens (tertiary/aromatic N) is 1. The first-order chi connectivity index (χ1) is 6.63. The van der Waals surface area contributed by atoms with Gasteiger partial charge in [0, 0.05) is 13.0 Å². The molecule has 0 aromatic carbocycles. The van der Waals surface area contributed by atoms with E-state index in [2.05, 4.69) is 10.3 Å². The summed E-state index contributed by atoms with van der Waals surface area (Å²) in [6, 6.07) is 3.17. The van der Waals surface area contributed by atoms with Gasteiger partial charge in [-0.25, -0.2) is 4.98 Å². The van der Waals surface area contributed by atoms with E-state index >= 15 is 0 Å². The predicted molar refractivity (Wildman–Crippen MR) is 55.4 cm³/mol. The van der Waals surface area contributed by atoms with E-state index in [9.17, 15) is 4.79 Å². The maximum Gasteiger partial charge on any atom is 0.226 e. The minimum Gasteiger partial charge on any atom is -0.396 e. The van der Waals surface area contributed by atoms with Crippen LogP contribution in [0.25, 0.3) is 0 Å². The van der Waals surface area contributed by atoms with Crippen molar-refractivity contribution in [1.29, 1.82) is 0 Å². The molecule has 0 saturated carbocycles. The molecule has 0 atom stereocenters. The Labute approximate surface area is 81.5 Å². The molecule has 7 N–H and O–H groups in total. The summed E-state index contributed by atoms with van der Waals surface area (Å²) in [5, 5.41) is 2.55. The third-order valence-electron chi connectivity index (χ3n) is 1.60. The van der Waals surface area contributed by atoms with E-state index in [1.165, 1.54) is 0 Å². The molecular weight excluding hydrogens is 182 g/mol. The SMILES string of the molecule is NCCC(=O)Nc1ccc(N)c(N)n1. The van der Waals surface area contributed by atoms with Crippen LogP contribution in [-0.2, 0) is 4.79 Å². The molecule has 14 heavy (non-hydrogen) atoms. The van der Waals surface area contributed by atoms with Crippen molar-refractivity contribution in [3.05, 3.63) is 12.1 Å². The number of carbonyl (C=O) groups excluding carboxylic acids is 1. The van der Waals surface area contributed by atoms with Crippen LogP contribution in [0.15, 0.2) is 12.1 Å². The third-order valence-corrected chi connectivity index (χ3v) is 1.60. The number of nitrogens with two attached hydrogens (primary N) is 3. The summed E-state index contributed by atoms with van der Waals surface area (Å²) in [7, 11) is 0.